The molecule has 1 heterocycles. The van der Waals surface area contributed by atoms with Crippen LogP contribution in [0.25, 0.3) is 0 Å². The van der Waals surface area contributed by atoms with Gasteiger partial charge in [-0.25, -0.2) is 8.78 Å². The molecule has 0 aromatic heterocycles. The van der Waals surface area contributed by atoms with Crippen molar-refractivity contribution >= 4 is 35.6 Å². The highest BCUT2D eigenvalue weighted by Gasteiger charge is 2.21. The number of phenolic OH excluding ortho intramolecular Hbond substituents is 1. The zero-order valence-electron chi connectivity index (χ0n) is 16.4. The Hall–Kier alpha value is -2.10. The molecular weight excluding hydrogens is 489 g/mol. The van der Waals surface area contributed by atoms with Gasteiger partial charge in [0.1, 0.15) is 17.4 Å². The summed E-state index contributed by atoms with van der Waals surface area (Å²) in [5.41, 5.74) is 1.44. The fourth-order valence-electron chi connectivity index (χ4n) is 3.36. The number of anilines is 1. The maximum atomic E-state index is 13.3. The molecule has 0 radical (unpaired) electrons. The van der Waals surface area contributed by atoms with Crippen LogP contribution in [0.3, 0.4) is 0 Å². The Kier molecular flexibility index (Phi) is 8.94. The number of nitrogens with zero attached hydrogens (tertiary/aromatic N) is 3. The third-order valence-electron chi connectivity index (χ3n) is 4.72. The molecule has 0 bridgehead atoms. The lowest BCUT2D eigenvalue weighted by molar-refractivity contribution is 0.370. The number of guanidine groups is 1. The highest BCUT2D eigenvalue weighted by Crippen LogP contribution is 2.27. The van der Waals surface area contributed by atoms with Crippen LogP contribution in [0.1, 0.15) is 12.5 Å². The van der Waals surface area contributed by atoms with Gasteiger partial charge in [-0.2, -0.15) is 0 Å². The molecular formula is C21H27F2IN4O. The summed E-state index contributed by atoms with van der Waals surface area (Å²) in [5, 5.41) is 13.3. The summed E-state index contributed by atoms with van der Waals surface area (Å²) in [6, 6.07) is 10.9. The number of piperazine rings is 1. The number of halogens is 3. The van der Waals surface area contributed by atoms with Crippen LogP contribution >= 0.6 is 24.0 Å². The van der Waals surface area contributed by atoms with Crippen molar-refractivity contribution in [1.29, 1.82) is 0 Å². The quantitative estimate of drug-likeness (QED) is 0.362. The van der Waals surface area contributed by atoms with Gasteiger partial charge in [0.05, 0.1) is 5.69 Å². The van der Waals surface area contributed by atoms with Crippen molar-refractivity contribution in [2.75, 3.05) is 44.2 Å². The average Bonchev–Trinajstić information content (AvgIpc) is 2.67. The molecule has 0 atom stereocenters. The first-order valence-corrected chi connectivity index (χ1v) is 9.58. The summed E-state index contributed by atoms with van der Waals surface area (Å²) in [4.78, 5) is 8.96. The molecule has 2 aromatic rings. The maximum Gasteiger partial charge on any atom is 0.194 e. The summed E-state index contributed by atoms with van der Waals surface area (Å²) in [5.74, 6) is -0.0347. The normalized spacial score (nSPS) is 14.5. The van der Waals surface area contributed by atoms with E-state index in [2.05, 4.69) is 20.1 Å². The minimum Gasteiger partial charge on any atom is -0.506 e. The zero-order valence-corrected chi connectivity index (χ0v) is 18.8. The Balaban J connectivity index is 0.00000300. The molecule has 1 fully saturated rings. The minimum atomic E-state index is -0.564. The summed E-state index contributed by atoms with van der Waals surface area (Å²) in [6.07, 6.45) is 0.474. The van der Waals surface area contributed by atoms with E-state index in [1.807, 2.05) is 25.1 Å². The van der Waals surface area contributed by atoms with Gasteiger partial charge in [-0.05, 0) is 43.2 Å². The first kappa shape index (κ1) is 23.2. The molecule has 1 aliphatic rings. The van der Waals surface area contributed by atoms with E-state index in [-0.39, 0.29) is 24.0 Å². The van der Waals surface area contributed by atoms with Crippen LogP contribution in [-0.2, 0) is 6.42 Å². The van der Waals surface area contributed by atoms with Crippen LogP contribution in [0, 0.1) is 11.6 Å². The van der Waals surface area contributed by atoms with Gasteiger partial charge in [-0.3, -0.25) is 4.99 Å². The molecule has 2 aromatic carbocycles. The van der Waals surface area contributed by atoms with Gasteiger partial charge >= 0.3 is 0 Å². The number of rotatable bonds is 5. The van der Waals surface area contributed by atoms with Crippen molar-refractivity contribution in [3.63, 3.8) is 0 Å². The van der Waals surface area contributed by atoms with Crippen molar-refractivity contribution in [3.05, 3.63) is 59.7 Å². The van der Waals surface area contributed by atoms with E-state index in [0.717, 1.165) is 50.4 Å². The van der Waals surface area contributed by atoms with Crippen molar-refractivity contribution in [2.24, 2.45) is 4.99 Å². The largest absolute Gasteiger partial charge is 0.506 e. The monoisotopic (exact) mass is 516 g/mol. The topological polar surface area (TPSA) is 51.1 Å². The van der Waals surface area contributed by atoms with E-state index < -0.39 is 11.6 Å². The Morgan fingerprint density at radius 1 is 1.07 bits per heavy atom. The van der Waals surface area contributed by atoms with Crippen molar-refractivity contribution in [3.8, 4) is 5.75 Å². The Bertz CT molecular complexity index is 806. The Labute approximate surface area is 187 Å². The number of aromatic hydroxyl groups is 1. The van der Waals surface area contributed by atoms with E-state index in [9.17, 15) is 13.9 Å². The predicted molar refractivity (Wildman–Crippen MR) is 123 cm³/mol. The molecule has 0 aliphatic carbocycles. The molecule has 1 saturated heterocycles. The third-order valence-corrected chi connectivity index (χ3v) is 4.72. The SMILES string of the molecule is CCNC(=NCCc1cc(F)cc(F)c1)N1CCN(c2ccccc2O)CC1.I. The molecule has 5 nitrogen and oxygen atoms in total. The number of phenols is 1. The van der Waals surface area contributed by atoms with E-state index >= 15 is 0 Å². The van der Waals surface area contributed by atoms with Crippen LogP contribution in [0.15, 0.2) is 47.5 Å². The van der Waals surface area contributed by atoms with Gasteiger partial charge in [-0.15, -0.1) is 24.0 Å². The number of benzene rings is 2. The van der Waals surface area contributed by atoms with E-state index in [1.54, 1.807) is 6.07 Å². The Morgan fingerprint density at radius 3 is 2.34 bits per heavy atom. The van der Waals surface area contributed by atoms with Crippen LogP contribution in [0.2, 0.25) is 0 Å². The molecule has 2 N–H and O–H groups in total. The molecule has 8 heteroatoms. The summed E-state index contributed by atoms with van der Waals surface area (Å²) in [6.45, 7) is 6.30. The first-order chi connectivity index (χ1) is 13.6. The van der Waals surface area contributed by atoms with Gasteiger partial charge in [0, 0.05) is 45.3 Å². The fraction of sp³-hybridized carbons (Fsp3) is 0.381. The molecule has 3 rings (SSSR count). The van der Waals surface area contributed by atoms with Gasteiger partial charge in [0.25, 0.3) is 0 Å². The van der Waals surface area contributed by atoms with Gasteiger partial charge in [-0.1, -0.05) is 12.1 Å². The van der Waals surface area contributed by atoms with Crippen LogP contribution in [0.4, 0.5) is 14.5 Å². The van der Waals surface area contributed by atoms with E-state index in [4.69, 9.17) is 0 Å². The zero-order chi connectivity index (χ0) is 19.9. The lowest BCUT2D eigenvalue weighted by Gasteiger charge is -2.37. The lowest BCUT2D eigenvalue weighted by Crippen LogP contribution is -2.52. The molecule has 29 heavy (non-hydrogen) atoms. The van der Waals surface area contributed by atoms with E-state index in [1.165, 1.54) is 12.1 Å². The van der Waals surface area contributed by atoms with Crippen molar-refractivity contribution in [2.45, 2.75) is 13.3 Å². The van der Waals surface area contributed by atoms with Gasteiger partial charge < -0.3 is 20.2 Å². The molecule has 158 valence electrons. The van der Waals surface area contributed by atoms with Gasteiger partial charge in [0.2, 0.25) is 0 Å². The maximum absolute atomic E-state index is 13.3. The number of hydrogen-bond donors (Lipinski definition) is 2. The van der Waals surface area contributed by atoms with Crippen LogP contribution in [0.5, 0.6) is 5.75 Å². The number of para-hydroxylation sites is 2. The fourth-order valence-corrected chi connectivity index (χ4v) is 3.36. The molecule has 0 saturated carbocycles. The molecule has 0 unspecified atom stereocenters. The Morgan fingerprint density at radius 2 is 1.72 bits per heavy atom. The van der Waals surface area contributed by atoms with Crippen molar-refractivity contribution < 1.29 is 13.9 Å². The summed E-state index contributed by atoms with van der Waals surface area (Å²) < 4.78 is 26.6. The second-order valence-corrected chi connectivity index (χ2v) is 6.73. The summed E-state index contributed by atoms with van der Waals surface area (Å²) in [7, 11) is 0. The summed E-state index contributed by atoms with van der Waals surface area (Å²) >= 11 is 0. The molecule has 0 amide bonds. The minimum absolute atomic E-state index is 0. The number of hydrogen-bond acceptors (Lipinski definition) is 3. The molecule has 0 spiro atoms. The van der Waals surface area contributed by atoms with E-state index in [0.29, 0.717) is 24.3 Å². The predicted octanol–water partition coefficient (Wildman–Crippen LogP) is 3.62. The smallest absolute Gasteiger partial charge is 0.194 e. The second-order valence-electron chi connectivity index (χ2n) is 6.73. The van der Waals surface area contributed by atoms with Crippen molar-refractivity contribution in [1.82, 2.24) is 10.2 Å². The lowest BCUT2D eigenvalue weighted by atomic mass is 10.1. The number of aliphatic imine (C=N–C) groups is 1. The highest BCUT2D eigenvalue weighted by molar-refractivity contribution is 14.0. The van der Waals surface area contributed by atoms with Gasteiger partial charge in [0.15, 0.2) is 5.96 Å². The number of nitrogens with one attached hydrogen (secondary N) is 1. The average molecular weight is 516 g/mol. The first-order valence-electron chi connectivity index (χ1n) is 9.58. The molecule has 1 aliphatic heterocycles. The van der Waals surface area contributed by atoms with Crippen LogP contribution < -0.4 is 10.2 Å². The third kappa shape index (κ3) is 6.45. The van der Waals surface area contributed by atoms with Crippen LogP contribution in [-0.4, -0.2) is 55.2 Å². The standard InChI is InChI=1S/C21H26F2N4O.HI/c1-2-24-21(25-8-7-16-13-17(22)15-18(23)14-16)27-11-9-26(10-12-27)19-5-3-4-6-20(19)28;/h3-6,13-15,28H,2,7-12H2,1H3,(H,24,25);1H. The second kappa shape index (κ2) is 11.2. The highest BCUT2D eigenvalue weighted by atomic mass is 127.